The van der Waals surface area contributed by atoms with Gasteiger partial charge >= 0.3 is 18.0 Å². The monoisotopic (exact) mass is 286 g/mol. The van der Waals surface area contributed by atoms with Crippen molar-refractivity contribution in [3.63, 3.8) is 0 Å². The van der Waals surface area contributed by atoms with Crippen LogP contribution in [0.1, 0.15) is 39.0 Å². The minimum absolute atomic E-state index is 0.0176. The Hall–Kier alpha value is -1.79. The highest BCUT2D eigenvalue weighted by atomic mass is 16.5. The molecule has 1 aliphatic heterocycles. The molecule has 2 amide bonds. The predicted molar refractivity (Wildman–Crippen MR) is 71.2 cm³/mol. The number of nitrogens with zero attached hydrogens (tertiary/aromatic N) is 1. The number of likely N-dealkylation sites (tertiary alicyclic amines) is 1. The van der Waals surface area contributed by atoms with E-state index in [2.05, 4.69) is 5.32 Å². The number of carboxylic acid groups (broad SMARTS) is 1. The molecular weight excluding hydrogens is 264 g/mol. The van der Waals surface area contributed by atoms with Gasteiger partial charge in [-0.1, -0.05) is 0 Å². The molecule has 0 radical (unpaired) electrons. The molecule has 0 saturated carbocycles. The molecule has 1 unspecified atom stereocenters. The molecule has 2 N–H and O–H groups in total. The summed E-state index contributed by atoms with van der Waals surface area (Å²) in [7, 11) is 0. The van der Waals surface area contributed by atoms with Gasteiger partial charge in [-0.25, -0.2) is 4.79 Å². The van der Waals surface area contributed by atoms with E-state index in [0.29, 0.717) is 26.1 Å². The van der Waals surface area contributed by atoms with Gasteiger partial charge in [0.25, 0.3) is 0 Å². The van der Waals surface area contributed by atoms with Crippen LogP contribution in [-0.2, 0) is 14.3 Å². The molecular formula is C13H22N2O5. The van der Waals surface area contributed by atoms with Crippen molar-refractivity contribution < 1.29 is 24.2 Å². The van der Waals surface area contributed by atoms with E-state index in [1.165, 1.54) is 0 Å². The third-order valence-corrected chi connectivity index (χ3v) is 3.19. The lowest BCUT2D eigenvalue weighted by Crippen LogP contribution is -2.43. The number of carbonyl (C=O) groups excluding carboxylic acids is 2. The van der Waals surface area contributed by atoms with E-state index >= 15 is 0 Å². The zero-order valence-corrected chi connectivity index (χ0v) is 11.8. The minimum Gasteiger partial charge on any atom is -0.481 e. The zero-order valence-electron chi connectivity index (χ0n) is 11.8. The number of carboxylic acids is 1. The maximum Gasteiger partial charge on any atom is 0.317 e. The topological polar surface area (TPSA) is 95.9 Å². The van der Waals surface area contributed by atoms with Gasteiger partial charge in [-0.2, -0.15) is 0 Å². The van der Waals surface area contributed by atoms with E-state index in [9.17, 15) is 14.4 Å². The third-order valence-electron chi connectivity index (χ3n) is 3.19. The Morgan fingerprint density at radius 3 is 2.80 bits per heavy atom. The molecule has 1 rings (SSSR count). The Kier molecular flexibility index (Phi) is 6.83. The summed E-state index contributed by atoms with van der Waals surface area (Å²) in [4.78, 5) is 35.3. The first-order valence-electron chi connectivity index (χ1n) is 6.96. The Bertz CT molecular complexity index is 359. The standard InChI is InChI=1S/C13H22N2O5/c1-2-20-12(18)6-3-7-14-13(19)15-8-4-5-10(15)9-11(16)17/h10H,2-9H2,1H3,(H,14,19)(H,16,17). The van der Waals surface area contributed by atoms with Gasteiger partial charge in [-0.15, -0.1) is 0 Å². The fraction of sp³-hybridized carbons (Fsp3) is 0.769. The quantitative estimate of drug-likeness (QED) is 0.537. The molecule has 20 heavy (non-hydrogen) atoms. The summed E-state index contributed by atoms with van der Waals surface area (Å²) >= 11 is 0. The molecule has 1 heterocycles. The van der Waals surface area contributed by atoms with Gasteiger partial charge < -0.3 is 20.1 Å². The Morgan fingerprint density at radius 1 is 1.40 bits per heavy atom. The van der Waals surface area contributed by atoms with E-state index in [-0.39, 0.29) is 30.9 Å². The summed E-state index contributed by atoms with van der Waals surface area (Å²) in [5.41, 5.74) is 0. The fourth-order valence-corrected chi connectivity index (χ4v) is 2.28. The van der Waals surface area contributed by atoms with E-state index < -0.39 is 5.97 Å². The van der Waals surface area contributed by atoms with Gasteiger partial charge in [0.05, 0.1) is 13.0 Å². The van der Waals surface area contributed by atoms with E-state index in [4.69, 9.17) is 9.84 Å². The maximum atomic E-state index is 11.9. The lowest BCUT2D eigenvalue weighted by atomic mass is 10.1. The van der Waals surface area contributed by atoms with Crippen molar-refractivity contribution in [1.29, 1.82) is 0 Å². The highest BCUT2D eigenvalue weighted by Crippen LogP contribution is 2.19. The molecule has 0 aromatic rings. The molecule has 0 aromatic heterocycles. The summed E-state index contributed by atoms with van der Waals surface area (Å²) < 4.78 is 4.78. The number of hydrogen-bond donors (Lipinski definition) is 2. The first-order chi connectivity index (χ1) is 9.54. The van der Waals surface area contributed by atoms with Crippen molar-refractivity contribution >= 4 is 18.0 Å². The van der Waals surface area contributed by atoms with Crippen LogP contribution in [0.3, 0.4) is 0 Å². The van der Waals surface area contributed by atoms with Crippen LogP contribution in [0.15, 0.2) is 0 Å². The van der Waals surface area contributed by atoms with Crippen molar-refractivity contribution in [3.8, 4) is 0 Å². The number of nitrogens with one attached hydrogen (secondary N) is 1. The molecule has 0 aromatic carbocycles. The van der Waals surface area contributed by atoms with Gasteiger partial charge in [0.1, 0.15) is 0 Å². The summed E-state index contributed by atoms with van der Waals surface area (Å²) in [6.45, 7) is 3.07. The minimum atomic E-state index is -0.892. The average Bonchev–Trinajstić information content (AvgIpc) is 2.82. The largest absolute Gasteiger partial charge is 0.481 e. The third kappa shape index (κ3) is 5.46. The lowest BCUT2D eigenvalue weighted by molar-refractivity contribution is -0.143. The molecule has 1 aliphatic rings. The van der Waals surface area contributed by atoms with Crippen molar-refractivity contribution in [1.82, 2.24) is 10.2 Å². The number of hydrogen-bond acceptors (Lipinski definition) is 4. The summed E-state index contributed by atoms with van der Waals surface area (Å²) in [6, 6.07) is -0.477. The fourth-order valence-electron chi connectivity index (χ4n) is 2.28. The molecule has 1 fully saturated rings. The van der Waals surface area contributed by atoms with Crippen LogP contribution in [0.2, 0.25) is 0 Å². The van der Waals surface area contributed by atoms with Crippen molar-refractivity contribution in [2.24, 2.45) is 0 Å². The van der Waals surface area contributed by atoms with Crippen LogP contribution in [0.5, 0.6) is 0 Å². The van der Waals surface area contributed by atoms with Crippen LogP contribution in [-0.4, -0.2) is 53.7 Å². The first-order valence-corrected chi connectivity index (χ1v) is 6.96. The molecule has 7 heteroatoms. The van der Waals surface area contributed by atoms with Gasteiger partial charge in [0.15, 0.2) is 0 Å². The molecule has 0 aliphatic carbocycles. The summed E-state index contributed by atoms with van der Waals surface area (Å²) in [5.74, 6) is -1.16. The zero-order chi connectivity index (χ0) is 15.0. The maximum absolute atomic E-state index is 11.9. The van der Waals surface area contributed by atoms with Gasteiger partial charge in [-0.05, 0) is 26.2 Å². The van der Waals surface area contributed by atoms with Crippen LogP contribution < -0.4 is 5.32 Å². The highest BCUT2D eigenvalue weighted by molar-refractivity contribution is 5.76. The number of urea groups is 1. The molecule has 1 atom stereocenters. The van der Waals surface area contributed by atoms with Crippen LogP contribution in [0.4, 0.5) is 4.79 Å². The van der Waals surface area contributed by atoms with Crippen molar-refractivity contribution in [2.45, 2.75) is 45.1 Å². The Labute approximate surface area is 118 Å². The normalized spacial score (nSPS) is 17.9. The number of rotatable bonds is 7. The predicted octanol–water partition coefficient (Wildman–Crippen LogP) is 0.978. The smallest absolute Gasteiger partial charge is 0.317 e. The number of ether oxygens (including phenoxy) is 1. The molecule has 0 spiro atoms. The van der Waals surface area contributed by atoms with Gasteiger partial charge in [0.2, 0.25) is 0 Å². The average molecular weight is 286 g/mol. The number of esters is 1. The molecule has 0 bridgehead atoms. The Balaban J connectivity index is 2.24. The number of carbonyl (C=O) groups is 3. The van der Waals surface area contributed by atoms with Crippen LogP contribution >= 0.6 is 0 Å². The van der Waals surface area contributed by atoms with Crippen LogP contribution in [0.25, 0.3) is 0 Å². The van der Waals surface area contributed by atoms with Crippen molar-refractivity contribution in [2.75, 3.05) is 19.7 Å². The first kappa shape index (κ1) is 16.3. The second-order valence-electron chi connectivity index (χ2n) is 4.73. The number of amides is 2. The molecule has 7 nitrogen and oxygen atoms in total. The summed E-state index contributed by atoms with van der Waals surface area (Å²) in [6.07, 6.45) is 2.32. The summed E-state index contributed by atoms with van der Waals surface area (Å²) in [5, 5.41) is 11.5. The van der Waals surface area contributed by atoms with Crippen molar-refractivity contribution in [3.05, 3.63) is 0 Å². The Morgan fingerprint density at radius 2 is 2.15 bits per heavy atom. The van der Waals surface area contributed by atoms with E-state index in [1.54, 1.807) is 11.8 Å². The SMILES string of the molecule is CCOC(=O)CCCNC(=O)N1CCCC1CC(=O)O. The van der Waals surface area contributed by atoms with Gasteiger partial charge in [0, 0.05) is 25.6 Å². The van der Waals surface area contributed by atoms with E-state index in [0.717, 1.165) is 12.8 Å². The molecule has 114 valence electrons. The van der Waals surface area contributed by atoms with Gasteiger partial charge in [-0.3, -0.25) is 9.59 Å². The highest BCUT2D eigenvalue weighted by Gasteiger charge is 2.30. The lowest BCUT2D eigenvalue weighted by Gasteiger charge is -2.23. The number of aliphatic carboxylic acids is 1. The second-order valence-corrected chi connectivity index (χ2v) is 4.73. The van der Waals surface area contributed by atoms with Crippen LogP contribution in [0, 0.1) is 0 Å². The van der Waals surface area contributed by atoms with E-state index in [1.807, 2.05) is 0 Å². The second kappa shape index (κ2) is 8.39. The molecule has 1 saturated heterocycles.